The van der Waals surface area contributed by atoms with Crippen LogP contribution in [0.5, 0.6) is 0 Å². The third kappa shape index (κ3) is 4.34. The Bertz CT molecular complexity index is 1100. The largest absolute Gasteiger partial charge is 0.347 e. The Labute approximate surface area is 186 Å². The van der Waals surface area contributed by atoms with E-state index in [1.165, 1.54) is 5.56 Å². The molecule has 1 aliphatic rings. The van der Waals surface area contributed by atoms with E-state index in [1.807, 2.05) is 37.2 Å². The molecule has 8 heteroatoms. The van der Waals surface area contributed by atoms with Gasteiger partial charge in [0, 0.05) is 55.1 Å². The zero-order valence-electron chi connectivity index (χ0n) is 17.8. The molecule has 0 aliphatic heterocycles. The first-order valence-corrected chi connectivity index (χ1v) is 10.9. The van der Waals surface area contributed by atoms with Crippen molar-refractivity contribution in [3.8, 4) is 11.3 Å². The van der Waals surface area contributed by atoms with Gasteiger partial charge in [-0.1, -0.05) is 23.7 Å². The molecule has 0 saturated heterocycles. The number of benzene rings is 1. The number of hydrogen-bond acceptors (Lipinski definition) is 6. The lowest BCUT2D eigenvalue weighted by Crippen LogP contribution is -2.41. The van der Waals surface area contributed by atoms with Crippen LogP contribution in [0.25, 0.3) is 11.3 Å². The second kappa shape index (κ2) is 8.77. The zero-order chi connectivity index (χ0) is 22.0. The van der Waals surface area contributed by atoms with Gasteiger partial charge in [-0.05, 0) is 49.4 Å². The van der Waals surface area contributed by atoms with Crippen LogP contribution in [-0.2, 0) is 5.41 Å². The monoisotopic (exact) mass is 438 g/mol. The van der Waals surface area contributed by atoms with Crippen LogP contribution >= 0.6 is 11.6 Å². The van der Waals surface area contributed by atoms with Gasteiger partial charge in [0.05, 0.1) is 11.7 Å². The fraction of sp³-hybridized carbons (Fsp3) is 0.391. The van der Waals surface area contributed by atoms with Gasteiger partial charge in [-0.3, -0.25) is 4.79 Å². The van der Waals surface area contributed by atoms with Crippen molar-refractivity contribution < 1.29 is 0 Å². The van der Waals surface area contributed by atoms with Crippen LogP contribution in [0, 0.1) is 0 Å². The SMILES string of the molecule is CN(C)c1ncc(-c2ccc(=O)n([C@H]3CC[C@@](CN)(c4cccc(Cl)c4)CC3)n2)cn1. The Balaban J connectivity index is 1.57. The summed E-state index contributed by atoms with van der Waals surface area (Å²) in [6.07, 6.45) is 6.89. The van der Waals surface area contributed by atoms with Gasteiger partial charge in [-0.2, -0.15) is 5.10 Å². The number of halogens is 1. The highest BCUT2D eigenvalue weighted by Crippen LogP contribution is 2.42. The van der Waals surface area contributed by atoms with Gasteiger partial charge in [0.2, 0.25) is 5.95 Å². The van der Waals surface area contributed by atoms with Crippen LogP contribution in [-0.4, -0.2) is 40.4 Å². The smallest absolute Gasteiger partial charge is 0.267 e. The molecule has 0 spiro atoms. The van der Waals surface area contributed by atoms with Crippen molar-refractivity contribution in [2.75, 3.05) is 25.5 Å². The fourth-order valence-electron chi connectivity index (χ4n) is 4.35. The predicted molar refractivity (Wildman–Crippen MR) is 124 cm³/mol. The number of nitrogens with zero attached hydrogens (tertiary/aromatic N) is 5. The molecule has 4 rings (SSSR count). The molecular weight excluding hydrogens is 412 g/mol. The second-order valence-corrected chi connectivity index (χ2v) is 8.83. The minimum Gasteiger partial charge on any atom is -0.347 e. The molecule has 2 heterocycles. The Morgan fingerprint density at radius 2 is 1.87 bits per heavy atom. The first-order valence-electron chi connectivity index (χ1n) is 10.5. The Morgan fingerprint density at radius 1 is 1.16 bits per heavy atom. The van der Waals surface area contributed by atoms with E-state index < -0.39 is 0 Å². The quantitative estimate of drug-likeness (QED) is 0.656. The van der Waals surface area contributed by atoms with Crippen LogP contribution in [0.15, 0.2) is 53.6 Å². The lowest BCUT2D eigenvalue weighted by Gasteiger charge is -2.40. The maximum atomic E-state index is 12.6. The van der Waals surface area contributed by atoms with Gasteiger partial charge >= 0.3 is 0 Å². The average Bonchev–Trinajstić information content (AvgIpc) is 2.79. The van der Waals surface area contributed by atoms with Gasteiger partial charge in [-0.25, -0.2) is 14.6 Å². The van der Waals surface area contributed by atoms with E-state index in [9.17, 15) is 4.79 Å². The van der Waals surface area contributed by atoms with Crippen molar-refractivity contribution in [1.82, 2.24) is 19.7 Å². The molecule has 31 heavy (non-hydrogen) atoms. The van der Waals surface area contributed by atoms with Crippen LogP contribution in [0.2, 0.25) is 5.02 Å². The molecule has 0 radical (unpaired) electrons. The van der Waals surface area contributed by atoms with Crippen molar-refractivity contribution >= 4 is 17.5 Å². The number of hydrogen-bond donors (Lipinski definition) is 1. The van der Waals surface area contributed by atoms with Gasteiger partial charge in [0.25, 0.3) is 5.56 Å². The summed E-state index contributed by atoms with van der Waals surface area (Å²) in [4.78, 5) is 23.2. The standard InChI is InChI=1S/C23H27ClN6O/c1-29(2)22-26-13-16(14-27-22)20-6-7-21(31)30(28-20)19-8-10-23(15-25,11-9-19)17-4-3-5-18(24)12-17/h3-7,12-14,19H,8-11,15,25H2,1-2H3/t19-,23+. The summed E-state index contributed by atoms with van der Waals surface area (Å²) < 4.78 is 1.62. The van der Waals surface area contributed by atoms with E-state index >= 15 is 0 Å². The van der Waals surface area contributed by atoms with Crippen LogP contribution in [0.4, 0.5) is 5.95 Å². The van der Waals surface area contributed by atoms with E-state index in [0.29, 0.717) is 18.2 Å². The lowest BCUT2D eigenvalue weighted by atomic mass is 9.68. The van der Waals surface area contributed by atoms with Gasteiger partial charge < -0.3 is 10.6 Å². The van der Waals surface area contributed by atoms with Crippen LogP contribution in [0.1, 0.15) is 37.3 Å². The van der Waals surface area contributed by atoms with Crippen molar-refractivity contribution in [3.05, 3.63) is 69.7 Å². The summed E-state index contributed by atoms with van der Waals surface area (Å²) in [5, 5.41) is 5.38. The molecule has 1 aromatic carbocycles. The van der Waals surface area contributed by atoms with Crippen LogP contribution < -0.4 is 16.2 Å². The summed E-state index contributed by atoms with van der Waals surface area (Å²) in [7, 11) is 3.78. The maximum Gasteiger partial charge on any atom is 0.267 e. The number of rotatable bonds is 5. The van der Waals surface area contributed by atoms with Crippen molar-refractivity contribution in [2.45, 2.75) is 37.1 Å². The lowest BCUT2D eigenvalue weighted by molar-refractivity contribution is 0.222. The number of nitrogens with two attached hydrogens (primary N) is 1. The Hall–Kier alpha value is -2.77. The third-order valence-corrected chi connectivity index (χ3v) is 6.48. The molecule has 0 unspecified atom stereocenters. The molecule has 2 aromatic heterocycles. The molecule has 3 aromatic rings. The topological polar surface area (TPSA) is 89.9 Å². The first-order chi connectivity index (χ1) is 14.9. The second-order valence-electron chi connectivity index (χ2n) is 8.39. The van der Waals surface area contributed by atoms with Gasteiger partial charge in [0.1, 0.15) is 0 Å². The van der Waals surface area contributed by atoms with E-state index in [1.54, 1.807) is 29.2 Å². The third-order valence-electron chi connectivity index (χ3n) is 6.24. The number of aromatic nitrogens is 4. The normalized spacial score (nSPS) is 21.1. The van der Waals surface area contributed by atoms with E-state index in [2.05, 4.69) is 21.1 Å². The molecule has 2 N–H and O–H groups in total. The number of anilines is 1. The molecule has 0 amide bonds. The van der Waals surface area contributed by atoms with Crippen molar-refractivity contribution in [2.24, 2.45) is 5.73 Å². The molecule has 162 valence electrons. The van der Waals surface area contributed by atoms with Crippen LogP contribution in [0.3, 0.4) is 0 Å². The Morgan fingerprint density at radius 3 is 2.48 bits per heavy atom. The van der Waals surface area contributed by atoms with E-state index in [4.69, 9.17) is 17.3 Å². The highest BCUT2D eigenvalue weighted by atomic mass is 35.5. The van der Waals surface area contributed by atoms with E-state index in [-0.39, 0.29) is 17.0 Å². The highest BCUT2D eigenvalue weighted by Gasteiger charge is 2.37. The molecule has 1 aliphatic carbocycles. The maximum absolute atomic E-state index is 12.6. The highest BCUT2D eigenvalue weighted by molar-refractivity contribution is 6.30. The molecular formula is C23H27ClN6O. The van der Waals surface area contributed by atoms with Crippen molar-refractivity contribution in [1.29, 1.82) is 0 Å². The molecule has 1 fully saturated rings. The fourth-order valence-corrected chi connectivity index (χ4v) is 4.54. The molecule has 0 atom stereocenters. The predicted octanol–water partition coefficient (Wildman–Crippen LogP) is 3.43. The molecule has 0 bridgehead atoms. The summed E-state index contributed by atoms with van der Waals surface area (Å²) >= 11 is 6.22. The minimum atomic E-state index is -0.113. The molecule has 7 nitrogen and oxygen atoms in total. The molecule has 1 saturated carbocycles. The Kier molecular flexibility index (Phi) is 6.07. The van der Waals surface area contributed by atoms with Gasteiger partial charge in [0.15, 0.2) is 0 Å². The van der Waals surface area contributed by atoms with Gasteiger partial charge in [-0.15, -0.1) is 0 Å². The minimum absolute atomic E-state index is 0.0354. The summed E-state index contributed by atoms with van der Waals surface area (Å²) in [6.45, 7) is 0.554. The van der Waals surface area contributed by atoms with E-state index in [0.717, 1.165) is 36.3 Å². The zero-order valence-corrected chi connectivity index (χ0v) is 18.6. The van der Waals surface area contributed by atoms with Crippen molar-refractivity contribution in [3.63, 3.8) is 0 Å². The average molecular weight is 439 g/mol. The first kappa shape index (κ1) is 21.5. The summed E-state index contributed by atoms with van der Waals surface area (Å²) in [6, 6.07) is 11.3. The summed E-state index contributed by atoms with van der Waals surface area (Å²) in [5.74, 6) is 0.628. The summed E-state index contributed by atoms with van der Waals surface area (Å²) in [5.41, 5.74) is 8.66.